The highest BCUT2D eigenvalue weighted by molar-refractivity contribution is 7.89. The van der Waals surface area contributed by atoms with E-state index in [1.807, 2.05) is 0 Å². The summed E-state index contributed by atoms with van der Waals surface area (Å²) in [6, 6.07) is 3.35. The zero-order chi connectivity index (χ0) is 13.8. The van der Waals surface area contributed by atoms with E-state index in [4.69, 9.17) is 10.8 Å². The monoisotopic (exact) mass is 274 g/mol. The lowest BCUT2D eigenvalue weighted by molar-refractivity contribution is 0.260. The second-order valence-corrected chi connectivity index (χ2v) is 5.47. The number of aliphatic hydroxyl groups excluding tert-OH is 1. The molecule has 0 aliphatic rings. The molecular formula is C11H15FN2O3S. The first kappa shape index (κ1) is 14.6. The lowest BCUT2D eigenvalue weighted by Gasteiger charge is -2.20. The molecule has 1 rings (SSSR count). The summed E-state index contributed by atoms with van der Waals surface area (Å²) < 4.78 is 38.8. The van der Waals surface area contributed by atoms with Crippen molar-refractivity contribution in [1.29, 1.82) is 0 Å². The van der Waals surface area contributed by atoms with Gasteiger partial charge in [0.25, 0.3) is 0 Å². The molecule has 100 valence electrons. The molecule has 18 heavy (non-hydrogen) atoms. The molecule has 0 unspecified atom stereocenters. The van der Waals surface area contributed by atoms with Crippen LogP contribution in [0.2, 0.25) is 0 Å². The Hall–Kier alpha value is -1.44. The quantitative estimate of drug-likeness (QED) is 0.587. The molecule has 0 fully saturated rings. The van der Waals surface area contributed by atoms with E-state index in [-0.39, 0.29) is 25.4 Å². The van der Waals surface area contributed by atoms with E-state index in [2.05, 4.69) is 6.58 Å². The second-order valence-electron chi connectivity index (χ2n) is 3.57. The van der Waals surface area contributed by atoms with Crippen molar-refractivity contribution < 1.29 is 17.9 Å². The van der Waals surface area contributed by atoms with Crippen LogP contribution in [-0.2, 0) is 10.0 Å². The first-order valence-electron chi connectivity index (χ1n) is 5.20. The molecule has 1 aromatic carbocycles. The third-order valence-electron chi connectivity index (χ3n) is 2.26. The van der Waals surface area contributed by atoms with Gasteiger partial charge in [-0.25, -0.2) is 12.8 Å². The molecule has 0 radical (unpaired) electrons. The topological polar surface area (TPSA) is 83.6 Å². The Labute approximate surface area is 105 Å². The average Bonchev–Trinajstić information content (AvgIpc) is 2.28. The van der Waals surface area contributed by atoms with Crippen LogP contribution in [0, 0.1) is 5.82 Å². The van der Waals surface area contributed by atoms with Gasteiger partial charge in [0.1, 0.15) is 10.7 Å². The van der Waals surface area contributed by atoms with Crippen molar-refractivity contribution in [1.82, 2.24) is 4.31 Å². The Bertz CT molecular complexity index is 531. The van der Waals surface area contributed by atoms with Gasteiger partial charge < -0.3 is 10.8 Å². The highest BCUT2D eigenvalue weighted by Crippen LogP contribution is 2.21. The molecule has 0 atom stereocenters. The van der Waals surface area contributed by atoms with Crippen LogP contribution in [0.4, 0.5) is 10.1 Å². The fraction of sp³-hybridized carbons (Fsp3) is 0.273. The summed E-state index contributed by atoms with van der Waals surface area (Å²) in [7, 11) is -4.00. The van der Waals surface area contributed by atoms with Gasteiger partial charge in [0.05, 0.1) is 6.61 Å². The first-order chi connectivity index (χ1) is 8.43. The molecular weight excluding hydrogens is 259 g/mol. The van der Waals surface area contributed by atoms with Gasteiger partial charge in [0.15, 0.2) is 0 Å². The van der Waals surface area contributed by atoms with Crippen LogP contribution in [0.1, 0.15) is 0 Å². The predicted molar refractivity (Wildman–Crippen MR) is 66.9 cm³/mol. The molecule has 5 nitrogen and oxygen atoms in total. The Morgan fingerprint density at radius 2 is 2.17 bits per heavy atom. The van der Waals surface area contributed by atoms with Crippen LogP contribution >= 0.6 is 0 Å². The number of hydrogen-bond acceptors (Lipinski definition) is 4. The molecule has 1 aromatic rings. The third kappa shape index (κ3) is 3.06. The van der Waals surface area contributed by atoms with Gasteiger partial charge in [0.2, 0.25) is 10.0 Å². The predicted octanol–water partition coefficient (Wildman–Crippen LogP) is 0.577. The number of anilines is 1. The van der Waals surface area contributed by atoms with Crippen molar-refractivity contribution in [3.63, 3.8) is 0 Å². The van der Waals surface area contributed by atoms with E-state index in [1.54, 1.807) is 0 Å². The lowest BCUT2D eigenvalue weighted by atomic mass is 10.3. The molecule has 0 aliphatic heterocycles. The van der Waals surface area contributed by atoms with Crippen LogP contribution in [0.25, 0.3) is 0 Å². The van der Waals surface area contributed by atoms with Gasteiger partial charge in [-0.05, 0) is 18.2 Å². The molecule has 0 spiro atoms. The number of nitrogen functional groups attached to an aromatic ring is 1. The van der Waals surface area contributed by atoms with Crippen molar-refractivity contribution in [3.05, 3.63) is 36.7 Å². The maximum Gasteiger partial charge on any atom is 0.246 e. The van der Waals surface area contributed by atoms with Crippen molar-refractivity contribution in [2.24, 2.45) is 0 Å². The van der Waals surface area contributed by atoms with Crippen LogP contribution in [-0.4, -0.2) is 37.5 Å². The third-order valence-corrected chi connectivity index (χ3v) is 4.15. The number of nitrogens with zero attached hydrogens (tertiary/aromatic N) is 1. The lowest BCUT2D eigenvalue weighted by Crippen LogP contribution is -2.34. The Morgan fingerprint density at radius 1 is 1.50 bits per heavy atom. The Kier molecular flexibility index (Phi) is 4.83. The number of rotatable bonds is 6. The summed E-state index contributed by atoms with van der Waals surface area (Å²) in [6.45, 7) is 2.93. The zero-order valence-electron chi connectivity index (χ0n) is 9.71. The van der Waals surface area contributed by atoms with Gasteiger partial charge in [-0.2, -0.15) is 4.31 Å². The molecule has 0 bridgehead atoms. The van der Waals surface area contributed by atoms with E-state index >= 15 is 0 Å². The highest BCUT2D eigenvalue weighted by atomic mass is 32.2. The van der Waals surface area contributed by atoms with Gasteiger partial charge in [-0.1, -0.05) is 6.08 Å². The summed E-state index contributed by atoms with van der Waals surface area (Å²) in [5, 5.41) is 8.83. The fourth-order valence-corrected chi connectivity index (χ4v) is 2.88. The minimum absolute atomic E-state index is 0.00723. The van der Waals surface area contributed by atoms with E-state index in [1.165, 1.54) is 12.1 Å². The summed E-state index contributed by atoms with van der Waals surface area (Å²) in [6.07, 6.45) is 1.36. The van der Waals surface area contributed by atoms with Gasteiger partial charge in [-0.3, -0.25) is 0 Å². The van der Waals surface area contributed by atoms with E-state index in [0.717, 1.165) is 16.4 Å². The number of hydrogen-bond donors (Lipinski definition) is 2. The molecule has 0 heterocycles. The summed E-state index contributed by atoms with van der Waals surface area (Å²) >= 11 is 0. The maximum absolute atomic E-state index is 13.6. The minimum Gasteiger partial charge on any atom is -0.399 e. The summed E-state index contributed by atoms with van der Waals surface area (Å²) in [5.41, 5.74) is 5.50. The smallest absolute Gasteiger partial charge is 0.246 e. The van der Waals surface area contributed by atoms with Gasteiger partial charge in [-0.15, -0.1) is 6.58 Å². The Balaban J connectivity index is 3.21. The molecule has 0 aliphatic carbocycles. The van der Waals surface area contributed by atoms with E-state index in [9.17, 15) is 12.8 Å². The normalized spacial score (nSPS) is 11.7. The second kappa shape index (κ2) is 5.94. The maximum atomic E-state index is 13.6. The van der Waals surface area contributed by atoms with Crippen molar-refractivity contribution in [3.8, 4) is 0 Å². The molecule has 7 heteroatoms. The number of nitrogens with two attached hydrogens (primary N) is 1. The zero-order valence-corrected chi connectivity index (χ0v) is 10.5. The van der Waals surface area contributed by atoms with E-state index in [0.29, 0.717) is 0 Å². The van der Waals surface area contributed by atoms with Crippen LogP contribution in [0.5, 0.6) is 0 Å². The number of aliphatic hydroxyl groups is 1. The van der Waals surface area contributed by atoms with Crippen molar-refractivity contribution in [2.45, 2.75) is 4.90 Å². The Morgan fingerprint density at radius 3 is 2.67 bits per heavy atom. The summed E-state index contributed by atoms with van der Waals surface area (Å²) in [5.74, 6) is -0.915. The standard InChI is InChI=1S/C11H15FN2O3S/c1-2-5-14(6-7-15)18(16,17)11-4-3-9(13)8-10(11)12/h2-4,8,15H,1,5-7,13H2. The fourth-order valence-electron chi connectivity index (χ4n) is 1.43. The molecule has 3 N–H and O–H groups in total. The highest BCUT2D eigenvalue weighted by Gasteiger charge is 2.26. The first-order valence-corrected chi connectivity index (χ1v) is 6.64. The molecule has 0 saturated heterocycles. The van der Waals surface area contributed by atoms with Crippen LogP contribution in [0.3, 0.4) is 0 Å². The SMILES string of the molecule is C=CCN(CCO)S(=O)(=O)c1ccc(N)cc1F. The molecule has 0 aromatic heterocycles. The summed E-state index contributed by atoms with van der Waals surface area (Å²) in [4.78, 5) is -0.466. The largest absolute Gasteiger partial charge is 0.399 e. The van der Waals surface area contributed by atoms with Gasteiger partial charge >= 0.3 is 0 Å². The van der Waals surface area contributed by atoms with Crippen molar-refractivity contribution >= 4 is 15.7 Å². The number of halogens is 1. The number of benzene rings is 1. The average molecular weight is 274 g/mol. The van der Waals surface area contributed by atoms with E-state index < -0.39 is 20.7 Å². The van der Waals surface area contributed by atoms with Gasteiger partial charge in [0, 0.05) is 18.8 Å². The minimum atomic E-state index is -4.00. The number of sulfonamides is 1. The van der Waals surface area contributed by atoms with Crippen molar-refractivity contribution in [2.75, 3.05) is 25.4 Å². The molecule has 0 amide bonds. The van der Waals surface area contributed by atoms with Crippen LogP contribution in [0.15, 0.2) is 35.7 Å². The van der Waals surface area contributed by atoms with Crippen LogP contribution < -0.4 is 5.73 Å². The molecule has 0 saturated carbocycles.